The Balaban J connectivity index is 2.17. The molecule has 0 radical (unpaired) electrons. The van der Waals surface area contributed by atoms with E-state index in [9.17, 15) is 8.42 Å². The molecule has 0 aliphatic heterocycles. The predicted octanol–water partition coefficient (Wildman–Crippen LogP) is 1.59. The summed E-state index contributed by atoms with van der Waals surface area (Å²) in [4.78, 5) is 0.279. The highest BCUT2D eigenvalue weighted by atomic mass is 32.2. The molecule has 2 N–H and O–H groups in total. The van der Waals surface area contributed by atoms with Crippen molar-refractivity contribution in [1.29, 1.82) is 0 Å². The maximum Gasteiger partial charge on any atom is 0.175 e. The van der Waals surface area contributed by atoms with Crippen LogP contribution in [0, 0.1) is 5.41 Å². The molecule has 1 aromatic rings. The van der Waals surface area contributed by atoms with Crippen molar-refractivity contribution in [3.63, 3.8) is 0 Å². The summed E-state index contributed by atoms with van der Waals surface area (Å²) in [5.74, 6) is 0.586. The maximum atomic E-state index is 11.5. The van der Waals surface area contributed by atoms with Gasteiger partial charge in [0.1, 0.15) is 11.9 Å². The van der Waals surface area contributed by atoms with Gasteiger partial charge in [-0.05, 0) is 18.2 Å². The second-order valence-corrected chi connectivity index (χ2v) is 7.53. The first-order valence-corrected chi connectivity index (χ1v) is 7.83. The van der Waals surface area contributed by atoms with Gasteiger partial charge in [0, 0.05) is 24.1 Å². The van der Waals surface area contributed by atoms with Gasteiger partial charge in [0.05, 0.1) is 4.90 Å². The Labute approximate surface area is 108 Å². The fourth-order valence-electron chi connectivity index (χ4n) is 2.06. The molecule has 1 aliphatic rings. The summed E-state index contributed by atoms with van der Waals surface area (Å²) >= 11 is 0. The number of rotatable bonds is 3. The molecule has 2 unspecified atom stereocenters. The van der Waals surface area contributed by atoms with Gasteiger partial charge in [-0.25, -0.2) is 8.42 Å². The van der Waals surface area contributed by atoms with Gasteiger partial charge in [0.2, 0.25) is 0 Å². The molecule has 0 saturated heterocycles. The van der Waals surface area contributed by atoms with Gasteiger partial charge in [0.25, 0.3) is 0 Å². The van der Waals surface area contributed by atoms with Crippen molar-refractivity contribution in [2.45, 2.75) is 37.3 Å². The molecule has 100 valence electrons. The van der Waals surface area contributed by atoms with Gasteiger partial charge in [-0.15, -0.1) is 0 Å². The average Bonchev–Trinajstić information content (AvgIpc) is 2.28. The molecule has 18 heavy (non-hydrogen) atoms. The molecule has 0 heterocycles. The Morgan fingerprint density at radius 1 is 1.39 bits per heavy atom. The van der Waals surface area contributed by atoms with Crippen molar-refractivity contribution in [3.05, 3.63) is 24.3 Å². The van der Waals surface area contributed by atoms with Crippen LogP contribution >= 0.6 is 0 Å². The van der Waals surface area contributed by atoms with Crippen LogP contribution in [-0.4, -0.2) is 26.8 Å². The first kappa shape index (κ1) is 13.4. The van der Waals surface area contributed by atoms with Crippen molar-refractivity contribution in [2.75, 3.05) is 6.26 Å². The van der Waals surface area contributed by atoms with E-state index < -0.39 is 9.84 Å². The fourth-order valence-corrected chi connectivity index (χ4v) is 2.71. The Kier molecular flexibility index (Phi) is 3.15. The van der Waals surface area contributed by atoms with Crippen LogP contribution in [0.2, 0.25) is 0 Å². The van der Waals surface area contributed by atoms with Gasteiger partial charge in [-0.3, -0.25) is 0 Å². The molecule has 0 spiro atoms. The standard InChI is InChI=1S/C13H19NO3S/c1-13(2)11(14)8-12(13)17-9-5-4-6-10(7-9)18(3,15)16/h4-7,11-12H,8,14H2,1-3H3. The number of nitrogens with two attached hydrogens (primary N) is 1. The third-order valence-electron chi connectivity index (χ3n) is 3.77. The van der Waals surface area contributed by atoms with E-state index in [-0.39, 0.29) is 22.5 Å². The molecule has 5 heteroatoms. The maximum absolute atomic E-state index is 11.5. The summed E-state index contributed by atoms with van der Waals surface area (Å²) in [7, 11) is -3.19. The average molecular weight is 269 g/mol. The minimum Gasteiger partial charge on any atom is -0.490 e. The third-order valence-corrected chi connectivity index (χ3v) is 4.88. The van der Waals surface area contributed by atoms with E-state index in [0.29, 0.717) is 5.75 Å². The van der Waals surface area contributed by atoms with Crippen molar-refractivity contribution < 1.29 is 13.2 Å². The minimum absolute atomic E-state index is 0.0438. The lowest BCUT2D eigenvalue weighted by Crippen LogP contribution is -2.60. The summed E-state index contributed by atoms with van der Waals surface area (Å²) in [6.07, 6.45) is 2.04. The van der Waals surface area contributed by atoms with Gasteiger partial charge in [0.15, 0.2) is 9.84 Å². The van der Waals surface area contributed by atoms with E-state index in [1.54, 1.807) is 24.3 Å². The van der Waals surface area contributed by atoms with Crippen molar-refractivity contribution in [2.24, 2.45) is 11.1 Å². The molecule has 0 bridgehead atoms. The number of hydrogen-bond acceptors (Lipinski definition) is 4. The number of ether oxygens (including phenoxy) is 1. The molecule has 2 rings (SSSR count). The van der Waals surface area contributed by atoms with Gasteiger partial charge in [-0.1, -0.05) is 19.9 Å². The first-order valence-electron chi connectivity index (χ1n) is 5.93. The van der Waals surface area contributed by atoms with Crippen LogP contribution < -0.4 is 10.5 Å². The van der Waals surface area contributed by atoms with Gasteiger partial charge >= 0.3 is 0 Å². The van der Waals surface area contributed by atoms with E-state index in [4.69, 9.17) is 10.5 Å². The summed E-state index contributed by atoms with van der Waals surface area (Å²) in [6.45, 7) is 4.12. The summed E-state index contributed by atoms with van der Waals surface area (Å²) in [5, 5.41) is 0. The van der Waals surface area contributed by atoms with E-state index in [2.05, 4.69) is 13.8 Å². The Hall–Kier alpha value is -1.07. The summed E-state index contributed by atoms with van der Waals surface area (Å²) < 4.78 is 28.7. The van der Waals surface area contributed by atoms with Crippen LogP contribution in [-0.2, 0) is 9.84 Å². The van der Waals surface area contributed by atoms with Crippen LogP contribution in [0.5, 0.6) is 5.75 Å². The second kappa shape index (κ2) is 4.24. The molecule has 1 saturated carbocycles. The molecule has 0 amide bonds. The van der Waals surface area contributed by atoms with Crippen molar-refractivity contribution in [1.82, 2.24) is 0 Å². The third kappa shape index (κ3) is 2.37. The number of sulfone groups is 1. The zero-order chi connectivity index (χ0) is 13.6. The quantitative estimate of drug-likeness (QED) is 0.904. The molecule has 4 nitrogen and oxygen atoms in total. The van der Waals surface area contributed by atoms with Crippen LogP contribution in [0.25, 0.3) is 0 Å². The molecule has 1 aromatic carbocycles. The van der Waals surface area contributed by atoms with E-state index in [1.165, 1.54) is 6.26 Å². The Morgan fingerprint density at radius 3 is 2.56 bits per heavy atom. The van der Waals surface area contributed by atoms with Crippen molar-refractivity contribution in [3.8, 4) is 5.75 Å². The summed E-state index contributed by atoms with van der Waals surface area (Å²) in [5.41, 5.74) is 5.86. The highest BCUT2D eigenvalue weighted by Crippen LogP contribution is 2.41. The Morgan fingerprint density at radius 2 is 2.06 bits per heavy atom. The van der Waals surface area contributed by atoms with Crippen LogP contribution in [0.1, 0.15) is 20.3 Å². The van der Waals surface area contributed by atoms with E-state index in [0.717, 1.165) is 6.42 Å². The van der Waals surface area contributed by atoms with Gasteiger partial charge in [-0.2, -0.15) is 0 Å². The smallest absolute Gasteiger partial charge is 0.175 e. The van der Waals surface area contributed by atoms with E-state index in [1.807, 2.05) is 0 Å². The SMILES string of the molecule is CC1(C)C(N)CC1Oc1cccc(S(C)(=O)=O)c1. The van der Waals surface area contributed by atoms with E-state index >= 15 is 0 Å². The lowest BCUT2D eigenvalue weighted by Gasteiger charge is -2.49. The molecule has 2 atom stereocenters. The number of hydrogen-bond donors (Lipinski definition) is 1. The number of benzene rings is 1. The largest absolute Gasteiger partial charge is 0.490 e. The van der Waals surface area contributed by atoms with Crippen LogP contribution in [0.3, 0.4) is 0 Å². The fraction of sp³-hybridized carbons (Fsp3) is 0.538. The second-order valence-electron chi connectivity index (χ2n) is 5.52. The highest BCUT2D eigenvalue weighted by Gasteiger charge is 2.47. The molecule has 1 fully saturated rings. The predicted molar refractivity (Wildman–Crippen MR) is 70.3 cm³/mol. The lowest BCUT2D eigenvalue weighted by molar-refractivity contribution is -0.0401. The zero-order valence-corrected chi connectivity index (χ0v) is 11.7. The Bertz CT molecular complexity index is 551. The van der Waals surface area contributed by atoms with Crippen LogP contribution in [0.15, 0.2) is 29.2 Å². The topological polar surface area (TPSA) is 69.4 Å². The molecule has 0 aromatic heterocycles. The highest BCUT2D eigenvalue weighted by molar-refractivity contribution is 7.90. The van der Waals surface area contributed by atoms with Crippen LogP contribution in [0.4, 0.5) is 0 Å². The van der Waals surface area contributed by atoms with Crippen molar-refractivity contribution >= 4 is 9.84 Å². The normalized spacial score (nSPS) is 26.4. The first-order chi connectivity index (χ1) is 8.21. The minimum atomic E-state index is -3.19. The van der Waals surface area contributed by atoms with Gasteiger partial charge < -0.3 is 10.5 Å². The molecular weight excluding hydrogens is 250 g/mol. The summed E-state index contributed by atoms with van der Waals surface area (Å²) in [6, 6.07) is 6.74. The molecular formula is C13H19NO3S. The lowest BCUT2D eigenvalue weighted by atomic mass is 9.65. The molecule has 1 aliphatic carbocycles. The monoisotopic (exact) mass is 269 g/mol. The zero-order valence-electron chi connectivity index (χ0n) is 10.9.